The van der Waals surface area contributed by atoms with Gasteiger partial charge in [-0.3, -0.25) is 5.10 Å². The third-order valence-corrected chi connectivity index (χ3v) is 4.80. The minimum absolute atomic E-state index is 0. The molecule has 33 heavy (non-hydrogen) atoms. The predicted molar refractivity (Wildman–Crippen MR) is 138 cm³/mol. The summed E-state index contributed by atoms with van der Waals surface area (Å²) in [6.45, 7) is 10.2. The maximum atomic E-state index is 12.1. The second-order valence-corrected chi connectivity index (χ2v) is 8.58. The molecule has 3 rings (SSSR count). The lowest BCUT2D eigenvalue weighted by Crippen LogP contribution is -2.44. The van der Waals surface area contributed by atoms with Crippen LogP contribution in [0.4, 0.5) is 4.79 Å². The molecule has 1 saturated heterocycles. The third-order valence-electron chi connectivity index (χ3n) is 4.80. The Morgan fingerprint density at radius 2 is 2.03 bits per heavy atom. The molecule has 1 amide bonds. The van der Waals surface area contributed by atoms with Crippen molar-refractivity contribution < 1.29 is 14.3 Å². The zero-order valence-corrected chi connectivity index (χ0v) is 22.2. The van der Waals surface area contributed by atoms with E-state index in [0.717, 1.165) is 36.8 Å². The lowest BCUT2D eigenvalue weighted by Gasteiger charge is -2.23. The number of nitrogens with one attached hydrogen (secondary N) is 3. The SMILES string of the molecule is CCNC(=NCc1nc(-c2ccc(OC)cc2)n[nH]1)N1CCC(NC(=O)OC(C)(C)C)C1.I. The van der Waals surface area contributed by atoms with Crippen molar-refractivity contribution in [1.82, 2.24) is 30.7 Å². The highest BCUT2D eigenvalue weighted by atomic mass is 127. The molecule has 3 N–H and O–H groups in total. The van der Waals surface area contributed by atoms with Gasteiger partial charge in [0.15, 0.2) is 11.8 Å². The number of likely N-dealkylation sites (tertiary alicyclic amines) is 1. The number of aromatic amines is 1. The molecule has 1 unspecified atom stereocenters. The lowest BCUT2D eigenvalue weighted by atomic mass is 10.2. The Balaban J connectivity index is 0.00000385. The first-order valence-corrected chi connectivity index (χ1v) is 10.9. The Morgan fingerprint density at radius 1 is 1.30 bits per heavy atom. The Hall–Kier alpha value is -2.57. The number of methoxy groups -OCH3 is 1. The van der Waals surface area contributed by atoms with Gasteiger partial charge in [-0.25, -0.2) is 14.8 Å². The average Bonchev–Trinajstić information content (AvgIpc) is 3.39. The van der Waals surface area contributed by atoms with Crippen LogP contribution in [0.2, 0.25) is 0 Å². The predicted octanol–water partition coefficient (Wildman–Crippen LogP) is 3.16. The third kappa shape index (κ3) is 8.06. The molecule has 1 aliphatic rings. The number of aliphatic imine (C=N–C) groups is 1. The number of hydrogen-bond acceptors (Lipinski definition) is 6. The highest BCUT2D eigenvalue weighted by Gasteiger charge is 2.27. The second-order valence-electron chi connectivity index (χ2n) is 8.58. The van der Waals surface area contributed by atoms with Crippen LogP contribution < -0.4 is 15.4 Å². The first-order chi connectivity index (χ1) is 15.3. The molecule has 0 spiro atoms. The van der Waals surface area contributed by atoms with Crippen LogP contribution in [-0.4, -0.2) is 70.5 Å². The zero-order valence-electron chi connectivity index (χ0n) is 19.8. The van der Waals surface area contributed by atoms with Crippen molar-refractivity contribution in [3.05, 3.63) is 30.1 Å². The fourth-order valence-electron chi connectivity index (χ4n) is 3.36. The molecule has 0 aliphatic carbocycles. The van der Waals surface area contributed by atoms with E-state index in [4.69, 9.17) is 14.5 Å². The van der Waals surface area contributed by atoms with Crippen LogP contribution in [0.25, 0.3) is 11.4 Å². The second kappa shape index (κ2) is 12.1. The van der Waals surface area contributed by atoms with Crippen molar-refractivity contribution >= 4 is 36.0 Å². The van der Waals surface area contributed by atoms with Gasteiger partial charge in [0.1, 0.15) is 23.7 Å². The molecule has 1 aliphatic heterocycles. The van der Waals surface area contributed by atoms with E-state index in [9.17, 15) is 4.79 Å². The minimum Gasteiger partial charge on any atom is -0.497 e. The van der Waals surface area contributed by atoms with Crippen molar-refractivity contribution in [2.75, 3.05) is 26.7 Å². The molecule has 1 atom stereocenters. The van der Waals surface area contributed by atoms with Crippen LogP contribution in [0.15, 0.2) is 29.3 Å². The molecule has 1 aromatic carbocycles. The first kappa shape index (κ1) is 26.7. The highest BCUT2D eigenvalue weighted by Crippen LogP contribution is 2.19. The van der Waals surface area contributed by atoms with E-state index in [0.29, 0.717) is 24.7 Å². The number of H-pyrrole nitrogens is 1. The van der Waals surface area contributed by atoms with Gasteiger partial charge >= 0.3 is 6.09 Å². The molecule has 10 nitrogen and oxygen atoms in total. The normalized spacial score (nSPS) is 16.2. The highest BCUT2D eigenvalue weighted by molar-refractivity contribution is 14.0. The van der Waals surface area contributed by atoms with Crippen LogP contribution >= 0.6 is 24.0 Å². The van der Waals surface area contributed by atoms with Crippen molar-refractivity contribution in [1.29, 1.82) is 0 Å². The van der Waals surface area contributed by atoms with Crippen molar-refractivity contribution in [3.63, 3.8) is 0 Å². The maximum absolute atomic E-state index is 12.1. The molecular formula is C22H34IN7O3. The number of halogens is 1. The number of rotatable bonds is 6. The Bertz CT molecular complexity index is 925. The molecule has 1 fully saturated rings. The quantitative estimate of drug-likeness (QED) is 0.277. The van der Waals surface area contributed by atoms with Gasteiger partial charge in [0.05, 0.1) is 13.2 Å². The topological polar surface area (TPSA) is 117 Å². The Labute approximate surface area is 211 Å². The molecule has 0 saturated carbocycles. The number of carbonyl (C=O) groups is 1. The van der Waals surface area contributed by atoms with E-state index >= 15 is 0 Å². The number of alkyl carbamates (subject to hydrolysis) is 1. The van der Waals surface area contributed by atoms with E-state index in [1.54, 1.807) is 7.11 Å². The summed E-state index contributed by atoms with van der Waals surface area (Å²) in [5, 5.41) is 13.5. The van der Waals surface area contributed by atoms with Crippen molar-refractivity contribution in [2.45, 2.75) is 52.3 Å². The Kier molecular flexibility index (Phi) is 9.74. The van der Waals surface area contributed by atoms with E-state index in [1.807, 2.05) is 52.0 Å². The number of guanidine groups is 1. The smallest absolute Gasteiger partial charge is 0.407 e. The summed E-state index contributed by atoms with van der Waals surface area (Å²) < 4.78 is 10.5. The van der Waals surface area contributed by atoms with Crippen molar-refractivity contribution in [2.24, 2.45) is 4.99 Å². The summed E-state index contributed by atoms with van der Waals surface area (Å²) >= 11 is 0. The van der Waals surface area contributed by atoms with E-state index in [-0.39, 0.29) is 36.1 Å². The number of aromatic nitrogens is 3. The monoisotopic (exact) mass is 571 g/mol. The fraction of sp³-hybridized carbons (Fsp3) is 0.545. The molecular weight excluding hydrogens is 537 g/mol. The molecule has 182 valence electrons. The summed E-state index contributed by atoms with van der Waals surface area (Å²) in [6, 6.07) is 7.60. The first-order valence-electron chi connectivity index (χ1n) is 10.9. The Morgan fingerprint density at radius 3 is 2.67 bits per heavy atom. The molecule has 0 radical (unpaired) electrons. The molecule has 2 aromatic rings. The van der Waals surface area contributed by atoms with E-state index in [1.165, 1.54) is 0 Å². The minimum atomic E-state index is -0.513. The number of nitrogens with zero attached hydrogens (tertiary/aromatic N) is 4. The van der Waals surface area contributed by atoms with E-state index in [2.05, 4.69) is 30.7 Å². The number of carbonyl (C=O) groups excluding carboxylic acids is 1. The number of ether oxygens (including phenoxy) is 2. The van der Waals surface area contributed by atoms with Crippen LogP contribution in [0.3, 0.4) is 0 Å². The van der Waals surface area contributed by atoms with Gasteiger partial charge in [0.2, 0.25) is 0 Å². The number of benzene rings is 1. The molecule has 0 bridgehead atoms. The standard InChI is InChI=1S/C22H33N7O3.HI/c1-6-23-20(29-12-11-16(14-29)25-21(30)32-22(2,3)4)24-13-18-26-19(28-27-18)15-7-9-17(31-5)10-8-15;/h7-10,16H,6,11-14H2,1-5H3,(H,23,24)(H,25,30)(H,26,27,28);1H. The van der Waals surface area contributed by atoms with Crippen LogP contribution in [0.1, 0.15) is 39.9 Å². The number of hydrogen-bond donors (Lipinski definition) is 3. The summed E-state index contributed by atoms with van der Waals surface area (Å²) in [7, 11) is 1.63. The van der Waals surface area contributed by atoms with Gasteiger partial charge < -0.3 is 25.0 Å². The van der Waals surface area contributed by atoms with E-state index < -0.39 is 5.60 Å². The number of amides is 1. The van der Waals surface area contributed by atoms with Crippen molar-refractivity contribution in [3.8, 4) is 17.1 Å². The molecule has 11 heteroatoms. The summed E-state index contributed by atoms with van der Waals surface area (Å²) in [5.41, 5.74) is 0.389. The van der Waals surface area contributed by atoms with Gasteiger partial charge in [-0.2, -0.15) is 5.10 Å². The van der Waals surface area contributed by atoms with Gasteiger partial charge in [-0.15, -0.1) is 24.0 Å². The summed E-state index contributed by atoms with van der Waals surface area (Å²) in [6.07, 6.45) is 0.437. The fourth-order valence-corrected chi connectivity index (χ4v) is 3.36. The largest absolute Gasteiger partial charge is 0.497 e. The van der Waals surface area contributed by atoms with Crippen LogP contribution in [0.5, 0.6) is 5.75 Å². The maximum Gasteiger partial charge on any atom is 0.407 e. The lowest BCUT2D eigenvalue weighted by molar-refractivity contribution is 0.0507. The molecule has 2 heterocycles. The van der Waals surface area contributed by atoms with Crippen LogP contribution in [0, 0.1) is 0 Å². The van der Waals surface area contributed by atoms with Crippen LogP contribution in [-0.2, 0) is 11.3 Å². The molecule has 1 aromatic heterocycles. The van der Waals surface area contributed by atoms with Gasteiger partial charge in [0.25, 0.3) is 0 Å². The van der Waals surface area contributed by atoms with Gasteiger partial charge in [0, 0.05) is 25.2 Å². The van der Waals surface area contributed by atoms with Gasteiger partial charge in [-0.1, -0.05) is 0 Å². The summed E-state index contributed by atoms with van der Waals surface area (Å²) in [4.78, 5) is 23.4. The summed E-state index contributed by atoms with van der Waals surface area (Å²) in [5.74, 6) is 2.86. The zero-order chi connectivity index (χ0) is 23.1. The average molecular weight is 571 g/mol. The van der Waals surface area contributed by atoms with Gasteiger partial charge in [-0.05, 0) is 58.4 Å².